The molecule has 18 heavy (non-hydrogen) atoms. The van der Waals surface area contributed by atoms with Gasteiger partial charge in [-0.25, -0.2) is 0 Å². The fraction of sp³-hybridized carbons (Fsp3) is 0.571. The molecule has 2 rings (SSSR count). The molecule has 0 atom stereocenters. The van der Waals surface area contributed by atoms with Gasteiger partial charge in [0.25, 0.3) is 0 Å². The van der Waals surface area contributed by atoms with Crippen LogP contribution in [0.3, 0.4) is 0 Å². The molecule has 1 aliphatic heterocycles. The van der Waals surface area contributed by atoms with Gasteiger partial charge in [-0.1, -0.05) is 0 Å². The second kappa shape index (κ2) is 6.07. The highest BCUT2D eigenvalue weighted by Gasteiger charge is 2.10. The molecule has 1 aliphatic rings. The Bertz CT molecular complexity index is 401. The lowest BCUT2D eigenvalue weighted by molar-refractivity contribution is 0.0322. The van der Waals surface area contributed by atoms with Crippen molar-refractivity contribution in [3.8, 4) is 5.75 Å². The molecule has 1 saturated heterocycles. The van der Waals surface area contributed by atoms with Gasteiger partial charge in [0.15, 0.2) is 0 Å². The minimum Gasteiger partial charge on any atom is -0.492 e. The van der Waals surface area contributed by atoms with Gasteiger partial charge >= 0.3 is 0 Å². The van der Waals surface area contributed by atoms with Gasteiger partial charge in [0.2, 0.25) is 0 Å². The third-order valence-electron chi connectivity index (χ3n) is 3.55. The summed E-state index contributed by atoms with van der Waals surface area (Å²) in [5.74, 6) is 0.940. The van der Waals surface area contributed by atoms with E-state index in [2.05, 4.69) is 11.8 Å². The Morgan fingerprint density at radius 2 is 1.94 bits per heavy atom. The molecule has 0 bridgehead atoms. The lowest BCUT2D eigenvalue weighted by Crippen LogP contribution is -2.38. The first-order valence-corrected chi connectivity index (χ1v) is 6.47. The number of hydrogen-bond donors (Lipinski definition) is 1. The number of nitrogens with two attached hydrogens (primary N) is 1. The monoisotopic (exact) mass is 250 g/mol. The zero-order chi connectivity index (χ0) is 13.0. The van der Waals surface area contributed by atoms with Crippen molar-refractivity contribution < 1.29 is 9.47 Å². The molecule has 0 saturated carbocycles. The molecule has 4 nitrogen and oxygen atoms in total. The Hall–Kier alpha value is -1.26. The Kier molecular flexibility index (Phi) is 4.44. The van der Waals surface area contributed by atoms with Crippen LogP contribution in [-0.2, 0) is 4.74 Å². The predicted octanol–water partition coefficient (Wildman–Crippen LogP) is 1.60. The summed E-state index contributed by atoms with van der Waals surface area (Å²) in [6.07, 6.45) is 0. The van der Waals surface area contributed by atoms with Crippen LogP contribution in [0.2, 0.25) is 0 Å². The largest absolute Gasteiger partial charge is 0.492 e. The van der Waals surface area contributed by atoms with Crippen molar-refractivity contribution in [1.29, 1.82) is 0 Å². The predicted molar refractivity (Wildman–Crippen MR) is 73.1 cm³/mol. The lowest BCUT2D eigenvalue weighted by atomic mass is 10.1. The van der Waals surface area contributed by atoms with Crippen molar-refractivity contribution in [1.82, 2.24) is 4.90 Å². The van der Waals surface area contributed by atoms with Gasteiger partial charge in [0.1, 0.15) is 12.4 Å². The highest BCUT2D eigenvalue weighted by molar-refractivity contribution is 5.55. The maximum absolute atomic E-state index is 5.86. The molecular formula is C14H22N2O2. The molecule has 2 N–H and O–H groups in total. The van der Waals surface area contributed by atoms with E-state index in [-0.39, 0.29) is 0 Å². The average Bonchev–Trinajstić information content (AvgIpc) is 2.40. The molecule has 1 aromatic carbocycles. The number of rotatable bonds is 4. The molecule has 100 valence electrons. The number of nitrogen functional groups attached to an aromatic ring is 1. The van der Waals surface area contributed by atoms with Gasteiger partial charge in [-0.3, -0.25) is 4.90 Å². The van der Waals surface area contributed by atoms with E-state index in [1.165, 1.54) is 0 Å². The quantitative estimate of drug-likeness (QED) is 0.825. The number of benzene rings is 1. The Morgan fingerprint density at radius 1 is 1.22 bits per heavy atom. The molecule has 0 amide bonds. The first-order chi connectivity index (χ1) is 8.68. The SMILES string of the molecule is Cc1c(N)ccc(OCCN2CCOCC2)c1C. The van der Waals surface area contributed by atoms with E-state index in [0.717, 1.165) is 55.4 Å². The van der Waals surface area contributed by atoms with Gasteiger partial charge in [-0.2, -0.15) is 0 Å². The van der Waals surface area contributed by atoms with Gasteiger partial charge < -0.3 is 15.2 Å². The van der Waals surface area contributed by atoms with Gasteiger partial charge in [0, 0.05) is 25.3 Å². The molecule has 1 heterocycles. The van der Waals surface area contributed by atoms with Crippen LogP contribution >= 0.6 is 0 Å². The van der Waals surface area contributed by atoms with Crippen molar-refractivity contribution in [2.45, 2.75) is 13.8 Å². The number of hydrogen-bond acceptors (Lipinski definition) is 4. The van der Waals surface area contributed by atoms with Crippen LogP contribution in [0.15, 0.2) is 12.1 Å². The van der Waals surface area contributed by atoms with Crippen LogP contribution in [0.4, 0.5) is 5.69 Å². The summed E-state index contributed by atoms with van der Waals surface area (Å²) in [5, 5.41) is 0. The van der Waals surface area contributed by atoms with E-state index in [9.17, 15) is 0 Å². The van der Waals surface area contributed by atoms with Crippen LogP contribution in [0.5, 0.6) is 5.75 Å². The molecule has 0 aromatic heterocycles. The van der Waals surface area contributed by atoms with E-state index < -0.39 is 0 Å². The molecule has 1 fully saturated rings. The van der Waals surface area contributed by atoms with E-state index in [1.807, 2.05) is 19.1 Å². The molecule has 0 spiro atoms. The first-order valence-electron chi connectivity index (χ1n) is 6.47. The standard InChI is InChI=1S/C14H22N2O2/c1-11-12(2)14(4-3-13(11)15)18-10-7-16-5-8-17-9-6-16/h3-4H,5-10,15H2,1-2H3. The summed E-state index contributed by atoms with van der Waals surface area (Å²) in [6, 6.07) is 3.86. The summed E-state index contributed by atoms with van der Waals surface area (Å²) in [7, 11) is 0. The number of ether oxygens (including phenoxy) is 2. The van der Waals surface area contributed by atoms with Crippen LogP contribution in [0.25, 0.3) is 0 Å². The molecular weight excluding hydrogens is 228 g/mol. The van der Waals surface area contributed by atoms with Gasteiger partial charge in [0.05, 0.1) is 13.2 Å². The minimum absolute atomic E-state index is 0.712. The van der Waals surface area contributed by atoms with E-state index in [1.54, 1.807) is 0 Å². The molecule has 1 aromatic rings. The molecule has 0 unspecified atom stereocenters. The fourth-order valence-electron chi connectivity index (χ4n) is 2.08. The Labute approximate surface area is 109 Å². The maximum Gasteiger partial charge on any atom is 0.122 e. The van der Waals surface area contributed by atoms with Crippen molar-refractivity contribution in [3.63, 3.8) is 0 Å². The second-order valence-corrected chi connectivity index (χ2v) is 4.71. The van der Waals surface area contributed by atoms with Gasteiger partial charge in [-0.05, 0) is 37.1 Å². The zero-order valence-corrected chi connectivity index (χ0v) is 11.2. The maximum atomic E-state index is 5.86. The van der Waals surface area contributed by atoms with Crippen molar-refractivity contribution in [2.24, 2.45) is 0 Å². The third kappa shape index (κ3) is 3.15. The van der Waals surface area contributed by atoms with E-state index in [0.29, 0.717) is 6.61 Å². The second-order valence-electron chi connectivity index (χ2n) is 4.71. The van der Waals surface area contributed by atoms with Crippen LogP contribution in [-0.4, -0.2) is 44.4 Å². The molecule has 4 heteroatoms. The topological polar surface area (TPSA) is 47.7 Å². The molecule has 0 radical (unpaired) electrons. The van der Waals surface area contributed by atoms with Crippen LogP contribution < -0.4 is 10.5 Å². The first kappa shape index (κ1) is 13.2. The Morgan fingerprint density at radius 3 is 2.67 bits per heavy atom. The van der Waals surface area contributed by atoms with Crippen LogP contribution in [0, 0.1) is 13.8 Å². The number of anilines is 1. The highest BCUT2D eigenvalue weighted by atomic mass is 16.5. The summed E-state index contributed by atoms with van der Waals surface area (Å²) in [4.78, 5) is 2.36. The molecule has 0 aliphatic carbocycles. The van der Waals surface area contributed by atoms with E-state index in [4.69, 9.17) is 15.2 Å². The van der Waals surface area contributed by atoms with Crippen molar-refractivity contribution in [2.75, 3.05) is 45.2 Å². The fourth-order valence-corrected chi connectivity index (χ4v) is 2.08. The lowest BCUT2D eigenvalue weighted by Gasteiger charge is -2.26. The number of nitrogens with zero attached hydrogens (tertiary/aromatic N) is 1. The van der Waals surface area contributed by atoms with Crippen molar-refractivity contribution in [3.05, 3.63) is 23.3 Å². The summed E-state index contributed by atoms with van der Waals surface area (Å²) in [6.45, 7) is 9.41. The summed E-state index contributed by atoms with van der Waals surface area (Å²) in [5.41, 5.74) is 8.93. The smallest absolute Gasteiger partial charge is 0.122 e. The highest BCUT2D eigenvalue weighted by Crippen LogP contribution is 2.25. The normalized spacial score (nSPS) is 16.8. The third-order valence-corrected chi connectivity index (χ3v) is 3.55. The Balaban J connectivity index is 1.84. The van der Waals surface area contributed by atoms with Crippen LogP contribution in [0.1, 0.15) is 11.1 Å². The summed E-state index contributed by atoms with van der Waals surface area (Å²) < 4.78 is 11.2. The minimum atomic E-state index is 0.712. The van der Waals surface area contributed by atoms with Gasteiger partial charge in [-0.15, -0.1) is 0 Å². The van der Waals surface area contributed by atoms with E-state index >= 15 is 0 Å². The van der Waals surface area contributed by atoms with Crippen molar-refractivity contribution >= 4 is 5.69 Å². The summed E-state index contributed by atoms with van der Waals surface area (Å²) >= 11 is 0. The average molecular weight is 250 g/mol. The zero-order valence-electron chi connectivity index (χ0n) is 11.2. The number of morpholine rings is 1.